The summed E-state index contributed by atoms with van der Waals surface area (Å²) in [5, 5.41) is 5.99. The van der Waals surface area contributed by atoms with Gasteiger partial charge in [0.1, 0.15) is 30.8 Å². The fourth-order valence-corrected chi connectivity index (χ4v) is 5.07. The first-order valence-corrected chi connectivity index (χ1v) is 14.9. The Balaban J connectivity index is 1.65. The van der Waals surface area contributed by atoms with Gasteiger partial charge < -0.3 is 34.5 Å². The van der Waals surface area contributed by atoms with Gasteiger partial charge in [-0.05, 0) is 37.0 Å². The fraction of sp³-hybridized carbons (Fsp3) is 0.414. The van der Waals surface area contributed by atoms with Crippen LogP contribution in [0.4, 0.5) is 17.5 Å². The van der Waals surface area contributed by atoms with Gasteiger partial charge in [0.25, 0.3) is 5.56 Å². The van der Waals surface area contributed by atoms with Gasteiger partial charge in [0.05, 0.1) is 12.7 Å². The summed E-state index contributed by atoms with van der Waals surface area (Å²) in [5.41, 5.74) is 6.57. The number of ether oxygens (including phenoxy) is 2. The highest BCUT2D eigenvalue weighted by atomic mass is 31.2. The molecule has 3 unspecified atom stereocenters. The van der Waals surface area contributed by atoms with Crippen LogP contribution in [0, 0.1) is 5.92 Å². The van der Waals surface area contributed by atoms with E-state index >= 15 is 0 Å². The molecule has 0 fully saturated rings. The molecule has 0 saturated carbocycles. The molecular formula is C29H41N6O6P. The number of aromatic amines is 1. The number of nitrogens with zero attached hydrogens (tertiary/aromatic N) is 2. The van der Waals surface area contributed by atoms with Gasteiger partial charge in [-0.25, -0.2) is 5.09 Å². The number of nitrogens with one attached hydrogen (secondary N) is 3. The van der Waals surface area contributed by atoms with Gasteiger partial charge in [-0.15, -0.1) is 0 Å². The Morgan fingerprint density at radius 1 is 1.10 bits per heavy atom. The van der Waals surface area contributed by atoms with Crippen molar-refractivity contribution in [2.24, 2.45) is 5.92 Å². The molecule has 12 nitrogen and oxygen atoms in total. The van der Waals surface area contributed by atoms with E-state index in [1.807, 2.05) is 60.7 Å². The maximum absolute atomic E-state index is 12.7. The van der Waals surface area contributed by atoms with Gasteiger partial charge in [0, 0.05) is 14.1 Å². The minimum absolute atomic E-state index is 0.00843. The van der Waals surface area contributed by atoms with Crippen LogP contribution in [-0.2, 0) is 25.4 Å². The normalized spacial score (nSPS) is 13.3. The highest BCUT2D eigenvalue weighted by Crippen LogP contribution is 2.36. The van der Waals surface area contributed by atoms with Crippen molar-refractivity contribution < 1.29 is 23.3 Å². The van der Waals surface area contributed by atoms with Crippen molar-refractivity contribution in [2.45, 2.75) is 45.9 Å². The SMILES string of the molecule is CNc1c(N(C)COC(COP(NC(C)C(=O)OCc2ccccc2)Oc2ccccc2)CC(C)C)nc(N)[nH]c1=O. The number of anilines is 3. The van der Waals surface area contributed by atoms with Crippen LogP contribution in [0.25, 0.3) is 0 Å². The Hall–Kier alpha value is -3.70. The number of esters is 1. The number of carbonyl (C=O) groups excluding carboxylic acids is 1. The maximum atomic E-state index is 12.7. The van der Waals surface area contributed by atoms with Crippen LogP contribution in [0.3, 0.4) is 0 Å². The van der Waals surface area contributed by atoms with Crippen molar-refractivity contribution in [3.05, 3.63) is 76.6 Å². The molecule has 42 heavy (non-hydrogen) atoms. The zero-order valence-corrected chi connectivity index (χ0v) is 25.6. The van der Waals surface area contributed by atoms with Gasteiger partial charge in [-0.3, -0.25) is 14.6 Å². The van der Waals surface area contributed by atoms with Crippen LogP contribution >= 0.6 is 8.53 Å². The maximum Gasteiger partial charge on any atom is 0.323 e. The van der Waals surface area contributed by atoms with E-state index in [0.29, 0.717) is 23.9 Å². The van der Waals surface area contributed by atoms with Crippen molar-refractivity contribution in [3.8, 4) is 5.75 Å². The minimum Gasteiger partial charge on any atom is -0.460 e. The topological polar surface area (TPSA) is 153 Å². The van der Waals surface area contributed by atoms with Crippen molar-refractivity contribution in [3.63, 3.8) is 0 Å². The third-order valence-electron chi connectivity index (χ3n) is 5.95. The number of carbonyl (C=O) groups is 1. The molecule has 0 aliphatic heterocycles. The second kappa shape index (κ2) is 16.7. The molecule has 0 aliphatic rings. The van der Waals surface area contributed by atoms with Gasteiger partial charge in [0.2, 0.25) is 5.95 Å². The molecule has 0 aliphatic carbocycles. The van der Waals surface area contributed by atoms with Gasteiger partial charge >= 0.3 is 14.5 Å². The molecule has 2 aromatic carbocycles. The molecule has 13 heteroatoms. The summed E-state index contributed by atoms with van der Waals surface area (Å²) in [6, 6.07) is 18.0. The van der Waals surface area contributed by atoms with Crippen LogP contribution in [0.2, 0.25) is 0 Å². The lowest BCUT2D eigenvalue weighted by molar-refractivity contribution is -0.146. The van der Waals surface area contributed by atoms with E-state index in [1.165, 1.54) is 0 Å². The number of nitrogens with two attached hydrogens (primary N) is 1. The van der Waals surface area contributed by atoms with Crippen LogP contribution in [-0.4, -0.2) is 55.5 Å². The monoisotopic (exact) mass is 600 g/mol. The summed E-state index contributed by atoms with van der Waals surface area (Å²) in [6.45, 7) is 6.36. The number of para-hydroxylation sites is 1. The molecule has 5 N–H and O–H groups in total. The van der Waals surface area contributed by atoms with E-state index in [2.05, 4.69) is 34.2 Å². The van der Waals surface area contributed by atoms with E-state index in [1.54, 1.807) is 25.9 Å². The predicted molar refractivity (Wildman–Crippen MR) is 165 cm³/mol. The Labute approximate surface area is 247 Å². The standard InChI is InChI=1S/C29H41N6O6P/c1-20(2)16-24(39-19-35(5)26-25(31-4)27(36)33-29(30)32-26)18-40-42(41-23-14-10-7-11-15-23)34-21(3)28(37)38-17-22-12-8-6-9-13-22/h6-15,20-21,24,31,34H,16-19H2,1-5H3,(H3,30,32,33,36). The smallest absolute Gasteiger partial charge is 0.323 e. The van der Waals surface area contributed by atoms with Gasteiger partial charge in [0.15, 0.2) is 5.82 Å². The Kier molecular flexibility index (Phi) is 13.0. The molecule has 3 atom stereocenters. The summed E-state index contributed by atoms with van der Waals surface area (Å²) >= 11 is 0. The summed E-state index contributed by atoms with van der Waals surface area (Å²) in [4.78, 5) is 33.4. The fourth-order valence-electron chi connectivity index (χ4n) is 3.85. The number of rotatable bonds is 17. The Morgan fingerprint density at radius 2 is 1.76 bits per heavy atom. The second-order valence-electron chi connectivity index (χ2n) is 10.0. The largest absolute Gasteiger partial charge is 0.460 e. The lowest BCUT2D eigenvalue weighted by Gasteiger charge is -2.27. The molecule has 3 rings (SSSR count). The molecule has 0 spiro atoms. The molecule has 1 heterocycles. The molecule has 228 valence electrons. The molecular weight excluding hydrogens is 559 g/mol. The van der Waals surface area contributed by atoms with Gasteiger partial charge in [-0.2, -0.15) is 4.98 Å². The Bertz CT molecular complexity index is 1300. The zero-order valence-electron chi connectivity index (χ0n) is 24.7. The zero-order chi connectivity index (χ0) is 30.5. The van der Waals surface area contributed by atoms with Crippen molar-refractivity contribution in [2.75, 3.05) is 43.4 Å². The number of benzene rings is 2. The first kappa shape index (κ1) is 32.8. The summed E-state index contributed by atoms with van der Waals surface area (Å²) in [5.74, 6) is 0.857. The van der Waals surface area contributed by atoms with Gasteiger partial charge in [-0.1, -0.05) is 62.4 Å². The molecule has 1 aromatic heterocycles. The van der Waals surface area contributed by atoms with Crippen molar-refractivity contribution in [1.82, 2.24) is 15.1 Å². The quantitative estimate of drug-likeness (QED) is 0.0999. The highest BCUT2D eigenvalue weighted by molar-refractivity contribution is 7.45. The molecule has 3 aromatic rings. The van der Waals surface area contributed by atoms with Crippen molar-refractivity contribution >= 4 is 31.9 Å². The predicted octanol–water partition coefficient (Wildman–Crippen LogP) is 4.26. The van der Waals surface area contributed by atoms with Crippen LogP contribution in [0.5, 0.6) is 5.75 Å². The number of aromatic nitrogens is 2. The van der Waals surface area contributed by atoms with E-state index in [9.17, 15) is 9.59 Å². The third-order valence-corrected chi connectivity index (χ3v) is 7.31. The molecule has 0 bridgehead atoms. The number of hydrogen-bond acceptors (Lipinski definition) is 11. The minimum atomic E-state index is -1.75. The van der Waals surface area contributed by atoms with Crippen LogP contribution in [0.15, 0.2) is 65.5 Å². The first-order valence-electron chi connectivity index (χ1n) is 13.7. The highest BCUT2D eigenvalue weighted by Gasteiger charge is 2.25. The number of nitrogen functional groups attached to an aromatic ring is 1. The van der Waals surface area contributed by atoms with E-state index in [0.717, 1.165) is 5.56 Å². The van der Waals surface area contributed by atoms with Crippen molar-refractivity contribution in [1.29, 1.82) is 0 Å². The second-order valence-corrected chi connectivity index (χ2v) is 11.3. The molecule has 0 amide bonds. The Morgan fingerprint density at radius 3 is 2.40 bits per heavy atom. The summed E-state index contributed by atoms with van der Waals surface area (Å²) in [7, 11) is 1.64. The first-order chi connectivity index (χ1) is 20.2. The lowest BCUT2D eigenvalue weighted by Crippen LogP contribution is -2.35. The van der Waals surface area contributed by atoms with Crippen LogP contribution in [0.1, 0.15) is 32.8 Å². The third kappa shape index (κ3) is 10.6. The summed E-state index contributed by atoms with van der Waals surface area (Å²) < 4.78 is 24.0. The van der Waals surface area contributed by atoms with E-state index < -0.39 is 20.5 Å². The average Bonchev–Trinajstić information content (AvgIpc) is 2.97. The number of hydrogen-bond donors (Lipinski definition) is 4. The van der Waals surface area contributed by atoms with E-state index in [-0.39, 0.29) is 43.2 Å². The molecule has 0 saturated heterocycles. The summed E-state index contributed by atoms with van der Waals surface area (Å²) in [6.07, 6.45) is 0.372. The van der Waals surface area contributed by atoms with Crippen LogP contribution < -0.4 is 31.1 Å². The average molecular weight is 601 g/mol. The number of H-pyrrole nitrogens is 1. The van der Waals surface area contributed by atoms with E-state index in [4.69, 9.17) is 24.3 Å². The lowest BCUT2D eigenvalue weighted by atomic mass is 10.1. The molecule has 0 radical (unpaired) electrons.